The molecule has 6 heterocycles. The number of ether oxygens (including phenoxy) is 3. The molecule has 0 aromatic carbocycles. The first-order valence-electron chi connectivity index (χ1n) is 10.7. The van der Waals surface area contributed by atoms with Gasteiger partial charge in [0.25, 0.3) is 5.91 Å². The highest BCUT2D eigenvalue weighted by Gasteiger charge is 2.49. The standard InChI is InChI=1S/C19H34N3O6/c1-2-21-4-7-22(8-5-21,9-6-21)13-15(23)20-12-14-18-16(24)17(25)19(28-14)27-11-3-10-26-18/h14,16-19,24-25H,2-13H2,1H3/q+1/p+1. The summed E-state index contributed by atoms with van der Waals surface area (Å²) < 4.78 is 19.1. The number of likely N-dealkylation sites (N-methyl/N-ethyl adjacent to an activating group) is 1. The van der Waals surface area contributed by atoms with Gasteiger partial charge in [0.2, 0.25) is 0 Å². The Balaban J connectivity index is 1.32. The molecular formula is C19H35N3O6+2. The maximum atomic E-state index is 12.7. The van der Waals surface area contributed by atoms with Crippen LogP contribution in [0.3, 0.4) is 0 Å². The van der Waals surface area contributed by atoms with Crippen LogP contribution in [0.15, 0.2) is 0 Å². The Morgan fingerprint density at radius 2 is 1.64 bits per heavy atom. The second kappa shape index (κ2) is 8.14. The normalized spacial score (nSPS) is 45.9. The largest absolute Gasteiger partial charge is 0.387 e. The average Bonchev–Trinajstić information content (AvgIpc) is 2.86. The third-order valence-corrected chi connectivity index (χ3v) is 7.32. The number of quaternary nitrogens is 2. The van der Waals surface area contributed by atoms with Crippen molar-refractivity contribution in [2.75, 3.05) is 72.1 Å². The minimum Gasteiger partial charge on any atom is -0.387 e. The van der Waals surface area contributed by atoms with E-state index in [4.69, 9.17) is 14.2 Å². The molecule has 0 aliphatic carbocycles. The summed E-state index contributed by atoms with van der Waals surface area (Å²) >= 11 is 0. The summed E-state index contributed by atoms with van der Waals surface area (Å²) in [6, 6.07) is 0. The number of aliphatic hydroxyl groups excluding tert-OH is 2. The number of nitrogens with one attached hydrogen (secondary N) is 1. The molecule has 6 aliphatic heterocycles. The van der Waals surface area contributed by atoms with Crippen LogP contribution < -0.4 is 5.32 Å². The maximum absolute atomic E-state index is 12.7. The molecule has 28 heavy (non-hydrogen) atoms. The molecule has 1 amide bonds. The van der Waals surface area contributed by atoms with Crippen LogP contribution in [-0.2, 0) is 19.0 Å². The van der Waals surface area contributed by atoms with E-state index < -0.39 is 30.7 Å². The Bertz CT molecular complexity index is 549. The number of hydrogen-bond acceptors (Lipinski definition) is 6. The first-order valence-corrected chi connectivity index (χ1v) is 10.7. The van der Waals surface area contributed by atoms with Crippen molar-refractivity contribution in [1.29, 1.82) is 0 Å². The SMILES string of the molecule is CC[N+]12CC[N+](CC(=O)NCC3OC4OCCCOC3C(O)C4O)(CC1)CC2. The van der Waals surface area contributed by atoms with E-state index in [-0.39, 0.29) is 12.5 Å². The third-order valence-electron chi connectivity index (χ3n) is 7.32. The Labute approximate surface area is 166 Å². The summed E-state index contributed by atoms with van der Waals surface area (Å²) in [4.78, 5) is 12.7. The summed E-state index contributed by atoms with van der Waals surface area (Å²) in [5, 5.41) is 23.5. The molecule has 9 heteroatoms. The molecule has 0 saturated carbocycles. The Kier molecular flexibility index (Phi) is 5.95. The zero-order valence-corrected chi connectivity index (χ0v) is 16.8. The molecule has 9 nitrogen and oxygen atoms in total. The summed E-state index contributed by atoms with van der Waals surface area (Å²) in [6.45, 7) is 11.7. The Hall–Kier alpha value is -0.810. The van der Waals surface area contributed by atoms with Gasteiger partial charge in [0.05, 0.1) is 13.2 Å². The van der Waals surface area contributed by atoms with Gasteiger partial charge in [-0.25, -0.2) is 0 Å². The van der Waals surface area contributed by atoms with Crippen LogP contribution in [0.4, 0.5) is 0 Å². The topological polar surface area (TPSA) is 97.3 Å². The van der Waals surface area contributed by atoms with Crippen molar-refractivity contribution in [2.45, 2.75) is 44.1 Å². The lowest BCUT2D eigenvalue weighted by molar-refractivity contribution is -1.08. The van der Waals surface area contributed by atoms with Crippen LogP contribution >= 0.6 is 0 Å². The van der Waals surface area contributed by atoms with Crippen LogP contribution in [0, 0.1) is 0 Å². The lowest BCUT2D eigenvalue weighted by atomic mass is 9.98. The van der Waals surface area contributed by atoms with Crippen molar-refractivity contribution in [2.24, 2.45) is 0 Å². The number of nitrogens with zero attached hydrogens (tertiary/aromatic N) is 2. The van der Waals surface area contributed by atoms with Crippen LogP contribution in [0.2, 0.25) is 0 Å². The van der Waals surface area contributed by atoms with Crippen molar-refractivity contribution in [3.63, 3.8) is 0 Å². The van der Waals surface area contributed by atoms with Crippen molar-refractivity contribution in [3.8, 4) is 0 Å². The molecule has 160 valence electrons. The van der Waals surface area contributed by atoms with Gasteiger partial charge in [-0.2, -0.15) is 0 Å². The van der Waals surface area contributed by atoms with E-state index in [0.29, 0.717) is 26.2 Å². The molecule has 0 aromatic rings. The Morgan fingerprint density at radius 1 is 1.00 bits per heavy atom. The number of hydrogen-bond donors (Lipinski definition) is 3. The summed E-state index contributed by atoms with van der Waals surface area (Å²) in [5.41, 5.74) is 0. The lowest BCUT2D eigenvalue weighted by Crippen LogP contribution is -2.76. The lowest BCUT2D eigenvalue weighted by Gasteiger charge is -2.55. The van der Waals surface area contributed by atoms with Gasteiger partial charge in [0, 0.05) is 13.2 Å². The quantitative estimate of drug-likeness (QED) is 0.463. The molecule has 0 spiro atoms. The molecule has 6 aliphatic rings. The second-order valence-corrected chi connectivity index (χ2v) is 8.89. The minimum atomic E-state index is -1.15. The number of piperazine rings is 3. The van der Waals surface area contributed by atoms with Crippen LogP contribution in [0.1, 0.15) is 13.3 Å². The van der Waals surface area contributed by atoms with Crippen molar-refractivity contribution < 1.29 is 38.2 Å². The van der Waals surface area contributed by atoms with E-state index >= 15 is 0 Å². The third kappa shape index (κ3) is 3.94. The number of rotatable bonds is 5. The van der Waals surface area contributed by atoms with Gasteiger partial charge in [0.15, 0.2) is 12.8 Å². The number of aliphatic hydroxyl groups is 2. The monoisotopic (exact) mass is 401 g/mol. The number of carbonyl (C=O) groups excluding carboxylic acids is 1. The predicted molar refractivity (Wildman–Crippen MR) is 99.1 cm³/mol. The van der Waals surface area contributed by atoms with Gasteiger partial charge in [-0.05, 0) is 13.3 Å². The fourth-order valence-corrected chi connectivity index (χ4v) is 5.12. The highest BCUT2D eigenvalue weighted by molar-refractivity contribution is 5.77. The molecule has 6 saturated heterocycles. The zero-order chi connectivity index (χ0) is 19.8. The average molecular weight is 402 g/mol. The fourth-order valence-electron chi connectivity index (χ4n) is 5.12. The molecule has 0 radical (unpaired) electrons. The Morgan fingerprint density at radius 3 is 2.32 bits per heavy atom. The van der Waals surface area contributed by atoms with Crippen LogP contribution in [0.25, 0.3) is 0 Å². The zero-order valence-electron chi connectivity index (χ0n) is 16.8. The molecule has 5 atom stereocenters. The molecule has 6 rings (SSSR count). The molecule has 4 bridgehead atoms. The number of fused-ring (bicyclic) bond motifs is 9. The molecular weight excluding hydrogens is 366 g/mol. The van der Waals surface area contributed by atoms with E-state index in [0.717, 1.165) is 43.8 Å². The van der Waals surface area contributed by atoms with Gasteiger partial charge in [-0.1, -0.05) is 0 Å². The molecule has 5 unspecified atom stereocenters. The van der Waals surface area contributed by atoms with Gasteiger partial charge in [-0.3, -0.25) is 4.79 Å². The van der Waals surface area contributed by atoms with Gasteiger partial charge < -0.3 is 38.7 Å². The molecule has 6 fully saturated rings. The predicted octanol–water partition coefficient (Wildman–Crippen LogP) is -1.96. The van der Waals surface area contributed by atoms with E-state index in [9.17, 15) is 15.0 Å². The summed E-state index contributed by atoms with van der Waals surface area (Å²) in [5.74, 6) is 0.00806. The van der Waals surface area contributed by atoms with Crippen LogP contribution in [-0.4, -0.2) is 128 Å². The maximum Gasteiger partial charge on any atom is 0.275 e. The molecule has 0 aromatic heterocycles. The van der Waals surface area contributed by atoms with E-state index in [1.165, 1.54) is 11.0 Å². The van der Waals surface area contributed by atoms with Crippen molar-refractivity contribution in [1.82, 2.24) is 5.32 Å². The smallest absolute Gasteiger partial charge is 0.275 e. The van der Waals surface area contributed by atoms with E-state index in [2.05, 4.69) is 12.2 Å². The fraction of sp³-hybridized carbons (Fsp3) is 0.947. The first kappa shape index (κ1) is 20.5. The first-order chi connectivity index (χ1) is 13.5. The summed E-state index contributed by atoms with van der Waals surface area (Å²) in [6.07, 6.45) is -3.67. The number of amides is 1. The van der Waals surface area contributed by atoms with Crippen molar-refractivity contribution in [3.05, 3.63) is 0 Å². The molecule has 3 N–H and O–H groups in total. The summed E-state index contributed by atoms with van der Waals surface area (Å²) in [7, 11) is 0. The van der Waals surface area contributed by atoms with Gasteiger partial charge >= 0.3 is 0 Å². The highest BCUT2D eigenvalue weighted by Crippen LogP contribution is 2.27. The van der Waals surface area contributed by atoms with E-state index in [1.54, 1.807) is 0 Å². The van der Waals surface area contributed by atoms with Gasteiger partial charge in [-0.15, -0.1) is 0 Å². The van der Waals surface area contributed by atoms with E-state index in [1.807, 2.05) is 0 Å². The van der Waals surface area contributed by atoms with Crippen LogP contribution in [0.5, 0.6) is 0 Å². The van der Waals surface area contributed by atoms with Crippen molar-refractivity contribution >= 4 is 5.91 Å². The second-order valence-electron chi connectivity index (χ2n) is 8.89. The number of carbonyl (C=O) groups is 1. The van der Waals surface area contributed by atoms with Gasteiger partial charge in [0.1, 0.15) is 63.7 Å². The minimum absolute atomic E-state index is 0.00806. The highest BCUT2D eigenvalue weighted by atomic mass is 16.7.